The third kappa shape index (κ3) is 3.71. The molecule has 1 aromatic carbocycles. The van der Waals surface area contributed by atoms with Crippen LogP contribution in [0.2, 0.25) is 0 Å². The third-order valence-corrected chi connectivity index (χ3v) is 3.80. The van der Waals surface area contributed by atoms with Crippen molar-refractivity contribution in [1.82, 2.24) is 9.97 Å². The topological polar surface area (TPSA) is 72.2 Å². The second kappa shape index (κ2) is 6.56. The van der Waals surface area contributed by atoms with Crippen LogP contribution in [0.5, 0.6) is 0 Å². The molecule has 0 amide bonds. The fraction of sp³-hybridized carbons (Fsp3) is 0.294. The molecule has 1 fully saturated rings. The minimum Gasteiger partial charge on any atom is -0.356 e. The van der Waals surface area contributed by atoms with Gasteiger partial charge in [-0.15, -0.1) is 0 Å². The highest BCUT2D eigenvalue weighted by atomic mass is 16.6. The van der Waals surface area contributed by atoms with Crippen molar-refractivity contribution in [2.24, 2.45) is 0 Å². The summed E-state index contributed by atoms with van der Waals surface area (Å²) in [6, 6.07) is 8.51. The van der Waals surface area contributed by atoms with Gasteiger partial charge < -0.3 is 4.90 Å². The van der Waals surface area contributed by atoms with E-state index in [2.05, 4.69) is 14.9 Å². The number of anilines is 1. The molecule has 0 saturated carbocycles. The summed E-state index contributed by atoms with van der Waals surface area (Å²) in [5, 5.41) is 10.8. The zero-order valence-corrected chi connectivity index (χ0v) is 13.0. The molecule has 1 aliphatic rings. The Morgan fingerprint density at radius 3 is 2.70 bits per heavy atom. The predicted octanol–water partition coefficient (Wildman–Crippen LogP) is 3.46. The predicted molar refractivity (Wildman–Crippen MR) is 90.2 cm³/mol. The third-order valence-electron chi connectivity index (χ3n) is 3.80. The quantitative estimate of drug-likeness (QED) is 0.638. The molecule has 3 rings (SSSR count). The van der Waals surface area contributed by atoms with Crippen LogP contribution in [0.1, 0.15) is 29.9 Å². The Morgan fingerprint density at radius 2 is 1.96 bits per heavy atom. The second-order valence-electron chi connectivity index (χ2n) is 5.58. The number of nitro benzene ring substituents is 1. The van der Waals surface area contributed by atoms with Crippen LogP contribution in [-0.4, -0.2) is 28.0 Å². The van der Waals surface area contributed by atoms with Gasteiger partial charge in [-0.25, -0.2) is 9.97 Å². The van der Waals surface area contributed by atoms with Gasteiger partial charge >= 0.3 is 0 Å². The van der Waals surface area contributed by atoms with Crippen LogP contribution in [-0.2, 0) is 0 Å². The molecule has 118 valence electrons. The van der Waals surface area contributed by atoms with Crippen molar-refractivity contribution in [3.05, 3.63) is 57.5 Å². The van der Waals surface area contributed by atoms with E-state index in [4.69, 9.17) is 0 Å². The molecule has 2 heterocycles. The number of aryl methyl sites for hydroxylation is 1. The Kier molecular flexibility index (Phi) is 4.32. The van der Waals surface area contributed by atoms with Gasteiger partial charge in [-0.2, -0.15) is 0 Å². The number of hydrogen-bond acceptors (Lipinski definition) is 5. The molecule has 6 heteroatoms. The van der Waals surface area contributed by atoms with Gasteiger partial charge in [0.2, 0.25) is 0 Å². The van der Waals surface area contributed by atoms with E-state index in [0.717, 1.165) is 36.0 Å². The van der Waals surface area contributed by atoms with Gasteiger partial charge in [-0.1, -0.05) is 18.2 Å². The summed E-state index contributed by atoms with van der Waals surface area (Å²) < 4.78 is 0. The molecule has 0 bridgehead atoms. The standard InChI is InChI=1S/C17H18N4O2/c1-13-18-15(12-17(19-13)20-9-2-3-10-20)8-7-14-5-4-6-16(11-14)21(22)23/h4-8,11-12H,2-3,9-10H2,1H3/b8-7+. The molecule has 0 spiro atoms. The zero-order valence-electron chi connectivity index (χ0n) is 13.0. The molecule has 2 aromatic rings. The summed E-state index contributed by atoms with van der Waals surface area (Å²) in [6.07, 6.45) is 6.10. The number of non-ortho nitro benzene ring substituents is 1. The van der Waals surface area contributed by atoms with E-state index in [1.54, 1.807) is 12.1 Å². The molecule has 0 N–H and O–H groups in total. The van der Waals surface area contributed by atoms with Crippen molar-refractivity contribution < 1.29 is 4.92 Å². The van der Waals surface area contributed by atoms with Crippen molar-refractivity contribution in [3.8, 4) is 0 Å². The van der Waals surface area contributed by atoms with Gasteiger partial charge in [0.05, 0.1) is 10.6 Å². The lowest BCUT2D eigenvalue weighted by molar-refractivity contribution is -0.384. The number of benzene rings is 1. The largest absolute Gasteiger partial charge is 0.356 e. The van der Waals surface area contributed by atoms with Crippen molar-refractivity contribution >= 4 is 23.7 Å². The van der Waals surface area contributed by atoms with Crippen molar-refractivity contribution in [2.75, 3.05) is 18.0 Å². The van der Waals surface area contributed by atoms with E-state index in [9.17, 15) is 10.1 Å². The molecule has 1 saturated heterocycles. The maximum absolute atomic E-state index is 10.8. The van der Waals surface area contributed by atoms with Gasteiger partial charge in [-0.05, 0) is 31.4 Å². The molecule has 0 aliphatic carbocycles. The number of nitro groups is 1. The van der Waals surface area contributed by atoms with Crippen LogP contribution in [0.4, 0.5) is 11.5 Å². The maximum atomic E-state index is 10.8. The molecule has 1 aliphatic heterocycles. The first-order valence-electron chi connectivity index (χ1n) is 7.65. The van der Waals surface area contributed by atoms with Crippen LogP contribution in [0.3, 0.4) is 0 Å². The fourth-order valence-electron chi connectivity index (χ4n) is 2.69. The second-order valence-corrected chi connectivity index (χ2v) is 5.58. The lowest BCUT2D eigenvalue weighted by Gasteiger charge is -2.16. The van der Waals surface area contributed by atoms with E-state index in [1.807, 2.05) is 31.2 Å². The summed E-state index contributed by atoms with van der Waals surface area (Å²) in [5.74, 6) is 1.68. The molecule has 23 heavy (non-hydrogen) atoms. The molecule has 0 unspecified atom stereocenters. The smallest absolute Gasteiger partial charge is 0.270 e. The van der Waals surface area contributed by atoms with Gasteiger partial charge in [0.1, 0.15) is 11.6 Å². The fourth-order valence-corrected chi connectivity index (χ4v) is 2.69. The van der Waals surface area contributed by atoms with Crippen LogP contribution >= 0.6 is 0 Å². The number of aromatic nitrogens is 2. The van der Waals surface area contributed by atoms with Crippen LogP contribution in [0.15, 0.2) is 30.3 Å². The van der Waals surface area contributed by atoms with Crippen LogP contribution < -0.4 is 4.90 Å². The van der Waals surface area contributed by atoms with Crippen molar-refractivity contribution in [3.63, 3.8) is 0 Å². The van der Waals surface area contributed by atoms with Crippen molar-refractivity contribution in [2.45, 2.75) is 19.8 Å². The lowest BCUT2D eigenvalue weighted by Crippen LogP contribution is -2.19. The van der Waals surface area contributed by atoms with Gasteiger partial charge in [0, 0.05) is 31.3 Å². The van der Waals surface area contributed by atoms with E-state index < -0.39 is 4.92 Å². The number of nitrogens with zero attached hydrogens (tertiary/aromatic N) is 4. The Bertz CT molecular complexity index is 752. The summed E-state index contributed by atoms with van der Waals surface area (Å²) in [5.41, 5.74) is 1.67. The first-order chi connectivity index (χ1) is 11.1. The molecular formula is C17H18N4O2. The molecule has 6 nitrogen and oxygen atoms in total. The molecular weight excluding hydrogens is 292 g/mol. The van der Waals surface area contributed by atoms with Gasteiger partial charge in [0.25, 0.3) is 5.69 Å². The minimum atomic E-state index is -0.391. The molecule has 1 aromatic heterocycles. The first kappa shape index (κ1) is 15.1. The summed E-state index contributed by atoms with van der Waals surface area (Å²) in [4.78, 5) is 21.6. The van der Waals surface area contributed by atoms with E-state index in [1.165, 1.54) is 18.9 Å². The first-order valence-corrected chi connectivity index (χ1v) is 7.65. The minimum absolute atomic E-state index is 0.0868. The average molecular weight is 310 g/mol. The summed E-state index contributed by atoms with van der Waals surface area (Å²) >= 11 is 0. The Balaban J connectivity index is 1.84. The number of rotatable bonds is 4. The maximum Gasteiger partial charge on any atom is 0.270 e. The van der Waals surface area contributed by atoms with Gasteiger partial charge in [0.15, 0.2) is 0 Å². The highest BCUT2D eigenvalue weighted by molar-refractivity contribution is 5.70. The SMILES string of the molecule is Cc1nc(/C=C/c2cccc([N+](=O)[O-])c2)cc(N2CCCC2)n1. The average Bonchev–Trinajstić information content (AvgIpc) is 3.07. The highest BCUT2D eigenvalue weighted by Crippen LogP contribution is 2.20. The van der Waals surface area contributed by atoms with Crippen LogP contribution in [0.25, 0.3) is 12.2 Å². The Labute approximate surface area is 134 Å². The normalized spacial score (nSPS) is 14.6. The number of hydrogen-bond donors (Lipinski definition) is 0. The highest BCUT2D eigenvalue weighted by Gasteiger charge is 2.14. The summed E-state index contributed by atoms with van der Waals surface area (Å²) in [6.45, 7) is 3.94. The van der Waals surface area contributed by atoms with Crippen LogP contribution in [0, 0.1) is 17.0 Å². The monoisotopic (exact) mass is 310 g/mol. The van der Waals surface area contributed by atoms with E-state index in [0.29, 0.717) is 0 Å². The summed E-state index contributed by atoms with van der Waals surface area (Å²) in [7, 11) is 0. The van der Waals surface area contributed by atoms with Crippen molar-refractivity contribution in [1.29, 1.82) is 0 Å². The van der Waals surface area contributed by atoms with Gasteiger partial charge in [-0.3, -0.25) is 10.1 Å². The van der Waals surface area contributed by atoms with E-state index in [-0.39, 0.29) is 5.69 Å². The zero-order chi connectivity index (χ0) is 16.2. The molecule has 0 atom stereocenters. The van der Waals surface area contributed by atoms with E-state index >= 15 is 0 Å². The Hall–Kier alpha value is -2.76. The molecule has 0 radical (unpaired) electrons. The Morgan fingerprint density at radius 1 is 1.17 bits per heavy atom. The lowest BCUT2D eigenvalue weighted by atomic mass is 10.2.